The van der Waals surface area contributed by atoms with Crippen LogP contribution in [0.25, 0.3) is 0 Å². The van der Waals surface area contributed by atoms with E-state index in [1.54, 1.807) is 36.4 Å². The average Bonchev–Trinajstić information content (AvgIpc) is 2.59. The average molecular weight is 382 g/mol. The van der Waals surface area contributed by atoms with Gasteiger partial charge in [-0.1, -0.05) is 30.1 Å². The SMILES string of the molecule is CCCOCc1cc(C(=O)Nc2ccc(Cl)cc2Cl)ccc1OCC. The number of anilines is 1. The molecule has 134 valence electrons. The van der Waals surface area contributed by atoms with Crippen LogP contribution < -0.4 is 10.1 Å². The van der Waals surface area contributed by atoms with E-state index in [4.69, 9.17) is 32.7 Å². The number of hydrogen-bond donors (Lipinski definition) is 1. The molecule has 2 rings (SSSR count). The van der Waals surface area contributed by atoms with Gasteiger partial charge in [-0.25, -0.2) is 0 Å². The summed E-state index contributed by atoms with van der Waals surface area (Å²) in [7, 11) is 0. The highest BCUT2D eigenvalue weighted by molar-refractivity contribution is 6.36. The number of carbonyl (C=O) groups excluding carboxylic acids is 1. The Balaban J connectivity index is 2.19. The van der Waals surface area contributed by atoms with Gasteiger partial charge < -0.3 is 14.8 Å². The summed E-state index contributed by atoms with van der Waals surface area (Å²) in [6.45, 7) is 5.56. The first-order chi connectivity index (χ1) is 12.0. The molecule has 0 aliphatic rings. The Kier molecular flexibility index (Phi) is 7.56. The summed E-state index contributed by atoms with van der Waals surface area (Å²) in [5.41, 5.74) is 1.85. The summed E-state index contributed by atoms with van der Waals surface area (Å²) in [5, 5.41) is 3.69. The van der Waals surface area contributed by atoms with Crippen molar-refractivity contribution in [3.63, 3.8) is 0 Å². The maximum atomic E-state index is 12.5. The topological polar surface area (TPSA) is 47.6 Å². The zero-order chi connectivity index (χ0) is 18.2. The number of rotatable bonds is 8. The van der Waals surface area contributed by atoms with Crippen LogP contribution in [0.3, 0.4) is 0 Å². The summed E-state index contributed by atoms with van der Waals surface area (Å²) in [6.07, 6.45) is 0.930. The van der Waals surface area contributed by atoms with Gasteiger partial charge in [0.15, 0.2) is 0 Å². The van der Waals surface area contributed by atoms with Gasteiger partial charge in [0.1, 0.15) is 5.75 Å². The predicted molar refractivity (Wildman–Crippen MR) is 102 cm³/mol. The van der Waals surface area contributed by atoms with E-state index in [1.165, 1.54) is 0 Å². The summed E-state index contributed by atoms with van der Waals surface area (Å²) in [5.74, 6) is 0.462. The number of nitrogens with one attached hydrogen (secondary N) is 1. The van der Waals surface area contributed by atoms with E-state index in [2.05, 4.69) is 5.32 Å². The fourth-order valence-electron chi connectivity index (χ4n) is 2.24. The molecule has 0 unspecified atom stereocenters. The largest absolute Gasteiger partial charge is 0.494 e. The maximum absolute atomic E-state index is 12.5. The highest BCUT2D eigenvalue weighted by Crippen LogP contribution is 2.27. The third-order valence-corrected chi connectivity index (χ3v) is 3.96. The molecule has 6 heteroatoms. The van der Waals surface area contributed by atoms with Crippen molar-refractivity contribution in [3.8, 4) is 5.75 Å². The zero-order valence-electron chi connectivity index (χ0n) is 14.3. The van der Waals surface area contributed by atoms with E-state index >= 15 is 0 Å². The first kappa shape index (κ1) is 19.6. The summed E-state index contributed by atoms with van der Waals surface area (Å²) in [4.78, 5) is 12.5. The lowest BCUT2D eigenvalue weighted by molar-refractivity contribution is 0.102. The number of hydrogen-bond acceptors (Lipinski definition) is 3. The second-order valence-corrected chi connectivity index (χ2v) is 6.23. The third-order valence-electron chi connectivity index (χ3n) is 3.41. The molecule has 0 saturated heterocycles. The van der Waals surface area contributed by atoms with Gasteiger partial charge in [0.2, 0.25) is 0 Å². The monoisotopic (exact) mass is 381 g/mol. The summed E-state index contributed by atoms with van der Waals surface area (Å²) in [6, 6.07) is 10.2. The first-order valence-corrected chi connectivity index (χ1v) is 8.90. The molecule has 0 saturated carbocycles. The van der Waals surface area contributed by atoms with Gasteiger partial charge in [-0.05, 0) is 49.7 Å². The fourth-order valence-corrected chi connectivity index (χ4v) is 2.70. The van der Waals surface area contributed by atoms with Crippen LogP contribution in [-0.4, -0.2) is 19.1 Å². The molecule has 25 heavy (non-hydrogen) atoms. The van der Waals surface area contributed by atoms with Crippen LogP contribution in [0.4, 0.5) is 5.69 Å². The normalized spacial score (nSPS) is 10.6. The van der Waals surface area contributed by atoms with Crippen LogP contribution in [0.1, 0.15) is 36.2 Å². The molecule has 4 nitrogen and oxygen atoms in total. The Hall–Kier alpha value is -1.75. The van der Waals surface area contributed by atoms with Gasteiger partial charge in [0.25, 0.3) is 5.91 Å². The van der Waals surface area contributed by atoms with Crippen LogP contribution in [0.2, 0.25) is 10.0 Å². The van der Waals surface area contributed by atoms with Gasteiger partial charge in [-0.3, -0.25) is 4.79 Å². The molecule has 0 atom stereocenters. The smallest absolute Gasteiger partial charge is 0.255 e. The molecule has 2 aromatic carbocycles. The van der Waals surface area contributed by atoms with Crippen LogP contribution in [0.15, 0.2) is 36.4 Å². The summed E-state index contributed by atoms with van der Waals surface area (Å²) < 4.78 is 11.2. The van der Waals surface area contributed by atoms with Crippen molar-refractivity contribution in [2.45, 2.75) is 26.9 Å². The standard InChI is InChI=1S/C19H21Cl2NO3/c1-3-9-24-12-14-10-13(5-8-18(14)25-4-2)19(23)22-17-7-6-15(20)11-16(17)21/h5-8,10-11H,3-4,9,12H2,1-2H3,(H,22,23). The van der Waals surface area contributed by atoms with Crippen molar-refractivity contribution in [1.82, 2.24) is 0 Å². The highest BCUT2D eigenvalue weighted by Gasteiger charge is 2.12. The lowest BCUT2D eigenvalue weighted by Crippen LogP contribution is -2.13. The van der Waals surface area contributed by atoms with Crippen LogP contribution in [0, 0.1) is 0 Å². The van der Waals surface area contributed by atoms with Crippen molar-refractivity contribution in [3.05, 3.63) is 57.6 Å². The quantitative estimate of drug-likeness (QED) is 0.607. The van der Waals surface area contributed by atoms with Crippen molar-refractivity contribution in [2.75, 3.05) is 18.5 Å². The van der Waals surface area contributed by atoms with E-state index in [1.807, 2.05) is 13.8 Å². The van der Waals surface area contributed by atoms with E-state index in [0.717, 1.165) is 17.7 Å². The first-order valence-electron chi connectivity index (χ1n) is 8.15. The number of amides is 1. The molecule has 0 aliphatic heterocycles. The third kappa shape index (κ3) is 5.63. The van der Waals surface area contributed by atoms with Crippen molar-refractivity contribution >= 4 is 34.8 Å². The highest BCUT2D eigenvalue weighted by atomic mass is 35.5. The van der Waals surface area contributed by atoms with Crippen molar-refractivity contribution < 1.29 is 14.3 Å². The van der Waals surface area contributed by atoms with Crippen LogP contribution in [0.5, 0.6) is 5.75 Å². The Labute approximate surface area is 158 Å². The van der Waals surface area contributed by atoms with E-state index in [0.29, 0.717) is 41.1 Å². The Morgan fingerprint density at radius 3 is 2.60 bits per heavy atom. The van der Waals surface area contributed by atoms with Crippen LogP contribution >= 0.6 is 23.2 Å². The van der Waals surface area contributed by atoms with Crippen molar-refractivity contribution in [2.24, 2.45) is 0 Å². The van der Waals surface area contributed by atoms with Crippen molar-refractivity contribution in [1.29, 1.82) is 0 Å². The number of halogens is 2. The Morgan fingerprint density at radius 1 is 1.12 bits per heavy atom. The predicted octanol–water partition coefficient (Wildman–Crippen LogP) is 5.57. The Morgan fingerprint density at radius 2 is 1.92 bits per heavy atom. The molecular weight excluding hydrogens is 361 g/mol. The Bertz CT molecular complexity index is 735. The molecule has 0 aromatic heterocycles. The molecule has 0 bridgehead atoms. The maximum Gasteiger partial charge on any atom is 0.255 e. The molecule has 0 aliphatic carbocycles. The van der Waals surface area contributed by atoms with Gasteiger partial charge >= 0.3 is 0 Å². The molecule has 1 N–H and O–H groups in total. The molecule has 0 fully saturated rings. The van der Waals surface area contributed by atoms with Gasteiger partial charge in [0.05, 0.1) is 23.9 Å². The van der Waals surface area contributed by atoms with Crippen LogP contribution in [-0.2, 0) is 11.3 Å². The molecule has 0 spiro atoms. The number of carbonyl (C=O) groups is 1. The zero-order valence-corrected chi connectivity index (χ0v) is 15.8. The van der Waals surface area contributed by atoms with E-state index < -0.39 is 0 Å². The van der Waals surface area contributed by atoms with E-state index in [9.17, 15) is 4.79 Å². The molecule has 0 heterocycles. The minimum atomic E-state index is -0.260. The molecule has 0 radical (unpaired) electrons. The lowest BCUT2D eigenvalue weighted by atomic mass is 10.1. The minimum Gasteiger partial charge on any atom is -0.494 e. The lowest BCUT2D eigenvalue weighted by Gasteiger charge is -2.13. The number of benzene rings is 2. The fraction of sp³-hybridized carbons (Fsp3) is 0.316. The number of ether oxygens (including phenoxy) is 2. The van der Waals surface area contributed by atoms with Gasteiger partial charge in [-0.2, -0.15) is 0 Å². The molecular formula is C19H21Cl2NO3. The minimum absolute atomic E-state index is 0.260. The summed E-state index contributed by atoms with van der Waals surface area (Å²) >= 11 is 12.0. The van der Waals surface area contributed by atoms with E-state index in [-0.39, 0.29) is 5.91 Å². The van der Waals surface area contributed by atoms with Gasteiger partial charge in [-0.15, -0.1) is 0 Å². The second-order valence-electron chi connectivity index (χ2n) is 5.39. The molecule has 2 aromatic rings. The molecule has 1 amide bonds. The van der Waals surface area contributed by atoms with Gasteiger partial charge in [0, 0.05) is 22.8 Å². The second kappa shape index (κ2) is 9.66.